The average Bonchev–Trinajstić information content (AvgIpc) is 2.24. The molecule has 0 rings (SSSR count). The second-order valence-electron chi connectivity index (χ2n) is 3.38. The number of carboxylic acid groups (broad SMARTS) is 2. The van der Waals surface area contributed by atoms with Crippen LogP contribution in [0.2, 0.25) is 0 Å². The minimum absolute atomic E-state index is 0.112. The molecule has 0 aromatic rings. The van der Waals surface area contributed by atoms with Crippen LogP contribution in [0.3, 0.4) is 0 Å². The van der Waals surface area contributed by atoms with Crippen LogP contribution in [0.25, 0.3) is 0 Å². The molecule has 8 N–H and O–H groups in total. The van der Waals surface area contributed by atoms with E-state index in [1.54, 1.807) is 0 Å². The van der Waals surface area contributed by atoms with E-state index in [0.717, 1.165) is 0 Å². The normalized spacial score (nSPS) is 12.6. The van der Waals surface area contributed by atoms with Crippen molar-refractivity contribution in [3.05, 3.63) is 0 Å². The van der Waals surface area contributed by atoms with Gasteiger partial charge in [-0.05, 0) is 19.8 Å². The van der Waals surface area contributed by atoms with E-state index in [-0.39, 0.29) is 5.96 Å². The molecule has 106 valence electrons. The van der Waals surface area contributed by atoms with E-state index in [2.05, 4.69) is 5.32 Å². The lowest BCUT2D eigenvalue weighted by atomic mass is 10.2. The van der Waals surface area contributed by atoms with Crippen molar-refractivity contribution >= 4 is 29.5 Å². The smallest absolute Gasteiger partial charge is 0.321 e. The number of guanidine groups is 1. The largest absolute Gasteiger partial charge is 0.480 e. The zero-order valence-electron chi connectivity index (χ0n) is 10.0. The highest BCUT2D eigenvalue weighted by atomic mass is 35.5. The Hall–Kier alpha value is -1.54. The molecule has 18 heavy (non-hydrogen) atoms. The molecule has 0 heterocycles. The standard InChI is InChI=1S/C6H14N4O2.C3H5ClO2/c7-4(5(11)12)2-1-3-10-6(8)9;1-2(4)3(5)6/h4H,1-3,7H2,(H,11,12)(H4,8,9,10);2H,1H3,(H,5,6). The molecule has 0 aliphatic rings. The van der Waals surface area contributed by atoms with E-state index in [4.69, 9.17) is 38.7 Å². The minimum Gasteiger partial charge on any atom is -0.480 e. The molecular formula is C9H19ClN4O4. The van der Waals surface area contributed by atoms with Gasteiger partial charge in [0.2, 0.25) is 0 Å². The van der Waals surface area contributed by atoms with Crippen LogP contribution in [0, 0.1) is 5.41 Å². The Labute approximate surface area is 110 Å². The summed E-state index contributed by atoms with van der Waals surface area (Å²) in [4.78, 5) is 19.8. The molecule has 8 nitrogen and oxygen atoms in total. The first kappa shape index (κ1) is 18.8. The van der Waals surface area contributed by atoms with Gasteiger partial charge in [0, 0.05) is 6.54 Å². The Morgan fingerprint density at radius 1 is 1.39 bits per heavy atom. The summed E-state index contributed by atoms with van der Waals surface area (Å²) in [6.07, 6.45) is 0.975. The van der Waals surface area contributed by atoms with Gasteiger partial charge in [-0.1, -0.05) is 0 Å². The first-order valence-corrected chi connectivity index (χ1v) is 5.55. The number of halogens is 1. The van der Waals surface area contributed by atoms with Gasteiger partial charge in [-0.15, -0.1) is 11.6 Å². The fourth-order valence-electron chi connectivity index (χ4n) is 0.669. The highest BCUT2D eigenvalue weighted by molar-refractivity contribution is 6.29. The molecule has 9 heteroatoms. The van der Waals surface area contributed by atoms with Gasteiger partial charge in [-0.2, -0.15) is 0 Å². The third-order valence-corrected chi connectivity index (χ3v) is 1.85. The number of alkyl halides is 1. The highest BCUT2D eigenvalue weighted by Crippen LogP contribution is 1.92. The predicted molar refractivity (Wildman–Crippen MR) is 67.7 cm³/mol. The number of nitrogens with one attached hydrogen (secondary N) is 2. The molecule has 0 aliphatic heterocycles. The first-order valence-electron chi connectivity index (χ1n) is 5.11. The minimum atomic E-state index is -1.00. The van der Waals surface area contributed by atoms with Gasteiger partial charge in [-0.25, -0.2) is 0 Å². The quantitative estimate of drug-likeness (QED) is 0.163. The second-order valence-corrected chi connectivity index (χ2v) is 4.04. The lowest BCUT2D eigenvalue weighted by Gasteiger charge is -2.06. The van der Waals surface area contributed by atoms with E-state index in [9.17, 15) is 9.59 Å². The summed E-state index contributed by atoms with van der Waals surface area (Å²) in [5, 5.41) is 24.8. The van der Waals surface area contributed by atoms with Gasteiger partial charge in [0.1, 0.15) is 11.4 Å². The van der Waals surface area contributed by atoms with Crippen LogP contribution in [0.15, 0.2) is 0 Å². The van der Waals surface area contributed by atoms with Gasteiger partial charge in [0.15, 0.2) is 5.96 Å². The van der Waals surface area contributed by atoms with E-state index < -0.39 is 23.4 Å². The summed E-state index contributed by atoms with van der Waals surface area (Å²) >= 11 is 5.01. The molecule has 0 amide bonds. The average molecular weight is 283 g/mol. The van der Waals surface area contributed by atoms with Crippen molar-refractivity contribution in [2.45, 2.75) is 31.2 Å². The number of aliphatic carboxylic acids is 2. The highest BCUT2D eigenvalue weighted by Gasteiger charge is 2.09. The van der Waals surface area contributed by atoms with Crippen molar-refractivity contribution in [3.8, 4) is 0 Å². The topological polar surface area (TPSA) is 163 Å². The fraction of sp³-hybridized carbons (Fsp3) is 0.667. The summed E-state index contributed by atoms with van der Waals surface area (Å²) in [6.45, 7) is 1.89. The summed E-state index contributed by atoms with van der Waals surface area (Å²) < 4.78 is 0. The maximum Gasteiger partial charge on any atom is 0.321 e. The molecule has 0 spiro atoms. The van der Waals surface area contributed by atoms with Crippen LogP contribution in [-0.4, -0.2) is 46.1 Å². The Balaban J connectivity index is 0. The number of nitrogens with two attached hydrogens (primary N) is 2. The van der Waals surface area contributed by atoms with E-state index in [1.807, 2.05) is 0 Å². The molecule has 0 aliphatic carbocycles. The zero-order chi connectivity index (χ0) is 14.7. The van der Waals surface area contributed by atoms with Gasteiger partial charge in [-0.3, -0.25) is 15.0 Å². The van der Waals surface area contributed by atoms with Crippen LogP contribution in [0.1, 0.15) is 19.8 Å². The Morgan fingerprint density at radius 2 is 1.83 bits per heavy atom. The van der Waals surface area contributed by atoms with E-state index >= 15 is 0 Å². The van der Waals surface area contributed by atoms with Crippen molar-refractivity contribution in [2.75, 3.05) is 6.54 Å². The molecule has 0 fully saturated rings. The molecule has 2 unspecified atom stereocenters. The van der Waals surface area contributed by atoms with Gasteiger partial charge >= 0.3 is 11.9 Å². The summed E-state index contributed by atoms with van der Waals surface area (Å²) in [7, 11) is 0. The van der Waals surface area contributed by atoms with Crippen LogP contribution in [0.4, 0.5) is 0 Å². The number of hydrogen-bond acceptors (Lipinski definition) is 4. The maximum atomic E-state index is 10.2. The van der Waals surface area contributed by atoms with Gasteiger partial charge in [0.05, 0.1) is 0 Å². The Morgan fingerprint density at radius 3 is 2.11 bits per heavy atom. The Bertz CT molecular complexity index is 286. The predicted octanol–water partition coefficient (Wildman–Crippen LogP) is -0.640. The third-order valence-electron chi connectivity index (χ3n) is 1.66. The van der Waals surface area contributed by atoms with Crippen molar-refractivity contribution in [2.24, 2.45) is 11.5 Å². The number of carboxylic acids is 2. The van der Waals surface area contributed by atoms with Crippen LogP contribution < -0.4 is 16.8 Å². The van der Waals surface area contributed by atoms with Gasteiger partial charge in [0.25, 0.3) is 0 Å². The summed E-state index contributed by atoms with van der Waals surface area (Å²) in [6, 6.07) is -0.821. The molecule has 0 saturated heterocycles. The molecule has 2 atom stereocenters. The molecule has 0 aromatic carbocycles. The molecule has 0 saturated carbocycles. The van der Waals surface area contributed by atoms with E-state index in [1.165, 1.54) is 6.92 Å². The fourth-order valence-corrected chi connectivity index (χ4v) is 0.669. The SMILES string of the molecule is CC(Cl)C(=O)O.N=C(N)NCCCC(N)C(=O)O. The molecule has 0 radical (unpaired) electrons. The monoisotopic (exact) mass is 282 g/mol. The third kappa shape index (κ3) is 14.5. The van der Waals surface area contributed by atoms with Crippen molar-refractivity contribution in [1.29, 1.82) is 5.41 Å². The number of rotatable bonds is 6. The maximum absolute atomic E-state index is 10.2. The Kier molecular flexibility index (Phi) is 11.1. The molecule has 0 bridgehead atoms. The van der Waals surface area contributed by atoms with E-state index in [0.29, 0.717) is 19.4 Å². The lowest BCUT2D eigenvalue weighted by molar-refractivity contribution is -0.139. The van der Waals surface area contributed by atoms with Crippen molar-refractivity contribution in [1.82, 2.24) is 5.32 Å². The molecular weight excluding hydrogens is 264 g/mol. The summed E-state index contributed by atoms with van der Waals surface area (Å²) in [5.74, 6) is -2.09. The first-order chi connectivity index (χ1) is 8.18. The van der Waals surface area contributed by atoms with Crippen LogP contribution >= 0.6 is 11.6 Å². The summed E-state index contributed by atoms with van der Waals surface area (Å²) in [5.41, 5.74) is 10.2. The zero-order valence-corrected chi connectivity index (χ0v) is 10.8. The van der Waals surface area contributed by atoms with Crippen molar-refractivity contribution in [3.63, 3.8) is 0 Å². The van der Waals surface area contributed by atoms with Gasteiger partial charge < -0.3 is 27.0 Å². The number of carbonyl (C=O) groups is 2. The van der Waals surface area contributed by atoms with Crippen LogP contribution in [0.5, 0.6) is 0 Å². The van der Waals surface area contributed by atoms with Crippen LogP contribution in [-0.2, 0) is 9.59 Å². The number of hydrogen-bond donors (Lipinski definition) is 6. The lowest BCUT2D eigenvalue weighted by Crippen LogP contribution is -2.34. The second kappa shape index (κ2) is 10.6. The van der Waals surface area contributed by atoms with Crippen molar-refractivity contribution < 1.29 is 19.8 Å². The molecule has 0 aromatic heterocycles.